The van der Waals surface area contributed by atoms with Crippen LogP contribution in [-0.4, -0.2) is 36.2 Å². The van der Waals surface area contributed by atoms with Crippen LogP contribution >= 0.6 is 0 Å². The van der Waals surface area contributed by atoms with Crippen LogP contribution in [0.5, 0.6) is 0 Å². The molecule has 2 heterocycles. The number of likely N-dealkylation sites (tertiary alicyclic amines) is 1. The lowest BCUT2D eigenvalue weighted by Crippen LogP contribution is -2.50. The number of piperidine rings is 1. The minimum atomic E-state index is 0.00172. The Labute approximate surface area is 120 Å². The first-order valence-electron chi connectivity index (χ1n) is 7.52. The Morgan fingerprint density at radius 2 is 1.85 bits per heavy atom. The summed E-state index contributed by atoms with van der Waals surface area (Å²) in [7, 11) is 0. The van der Waals surface area contributed by atoms with Crippen LogP contribution in [0.4, 0.5) is 10.5 Å². The van der Waals surface area contributed by atoms with Gasteiger partial charge in [0.2, 0.25) is 0 Å². The van der Waals surface area contributed by atoms with Crippen LogP contribution in [-0.2, 0) is 4.74 Å². The number of amides is 2. The van der Waals surface area contributed by atoms with Crippen molar-refractivity contribution < 1.29 is 9.53 Å². The smallest absolute Gasteiger partial charge is 0.321 e. The highest BCUT2D eigenvalue weighted by Gasteiger charge is 2.37. The minimum Gasteiger partial charge on any atom is -0.375 e. The van der Waals surface area contributed by atoms with Gasteiger partial charge in [-0.2, -0.15) is 0 Å². The fourth-order valence-corrected chi connectivity index (χ4v) is 3.15. The molecule has 1 N–H and O–H groups in total. The number of hydrogen-bond donors (Lipinski definition) is 1. The van der Waals surface area contributed by atoms with Gasteiger partial charge in [-0.1, -0.05) is 18.2 Å². The molecule has 0 aromatic heterocycles. The van der Waals surface area contributed by atoms with Gasteiger partial charge in [-0.3, -0.25) is 0 Å². The van der Waals surface area contributed by atoms with Gasteiger partial charge in [0, 0.05) is 25.4 Å². The molecule has 4 heteroatoms. The number of benzene rings is 1. The van der Waals surface area contributed by atoms with E-state index >= 15 is 0 Å². The summed E-state index contributed by atoms with van der Waals surface area (Å²) < 4.78 is 5.99. The number of para-hydroxylation sites is 1. The fraction of sp³-hybridized carbons (Fsp3) is 0.562. The van der Waals surface area contributed by atoms with Crippen molar-refractivity contribution in [1.82, 2.24) is 4.90 Å². The molecular formula is C16H22N2O2. The van der Waals surface area contributed by atoms with Crippen molar-refractivity contribution in [2.75, 3.05) is 25.0 Å². The predicted molar refractivity (Wildman–Crippen MR) is 78.8 cm³/mol. The summed E-state index contributed by atoms with van der Waals surface area (Å²) in [4.78, 5) is 14.1. The second kappa shape index (κ2) is 5.83. The highest BCUT2D eigenvalue weighted by atomic mass is 16.5. The largest absolute Gasteiger partial charge is 0.375 e. The van der Waals surface area contributed by atoms with E-state index in [1.54, 1.807) is 0 Å². The minimum absolute atomic E-state index is 0.00172. The van der Waals surface area contributed by atoms with Gasteiger partial charge in [-0.15, -0.1) is 0 Å². The summed E-state index contributed by atoms with van der Waals surface area (Å²) in [6.45, 7) is 2.47. The van der Waals surface area contributed by atoms with Crippen LogP contribution in [0.3, 0.4) is 0 Å². The summed E-state index contributed by atoms with van der Waals surface area (Å²) in [6, 6.07) is 9.62. The SMILES string of the molecule is O=C(Nc1ccccc1)N1CCC2(CCCCO2)CC1. The molecule has 2 amide bonds. The van der Waals surface area contributed by atoms with E-state index in [4.69, 9.17) is 4.74 Å². The van der Waals surface area contributed by atoms with E-state index in [0.29, 0.717) is 0 Å². The van der Waals surface area contributed by atoms with Gasteiger partial charge in [0.15, 0.2) is 0 Å². The Bertz CT molecular complexity index is 445. The molecule has 0 atom stereocenters. The van der Waals surface area contributed by atoms with Gasteiger partial charge in [-0.05, 0) is 44.2 Å². The summed E-state index contributed by atoms with van der Waals surface area (Å²) in [6.07, 6.45) is 5.53. The van der Waals surface area contributed by atoms with Crippen LogP contribution < -0.4 is 5.32 Å². The highest BCUT2D eigenvalue weighted by molar-refractivity contribution is 5.89. The van der Waals surface area contributed by atoms with E-state index < -0.39 is 0 Å². The molecule has 2 aliphatic heterocycles. The molecule has 4 nitrogen and oxygen atoms in total. The lowest BCUT2D eigenvalue weighted by molar-refractivity contribution is -0.106. The van der Waals surface area contributed by atoms with Gasteiger partial charge < -0.3 is 15.0 Å². The van der Waals surface area contributed by atoms with Crippen LogP contribution in [0, 0.1) is 0 Å². The molecule has 0 aliphatic carbocycles. The number of rotatable bonds is 1. The van der Waals surface area contributed by atoms with E-state index in [1.165, 1.54) is 12.8 Å². The summed E-state index contributed by atoms with van der Waals surface area (Å²) >= 11 is 0. The second-order valence-corrected chi connectivity index (χ2v) is 5.77. The Morgan fingerprint density at radius 3 is 2.50 bits per heavy atom. The third kappa shape index (κ3) is 2.96. The third-order valence-corrected chi connectivity index (χ3v) is 4.42. The summed E-state index contributed by atoms with van der Waals surface area (Å²) in [5.74, 6) is 0. The van der Waals surface area contributed by atoms with Crippen molar-refractivity contribution >= 4 is 11.7 Å². The van der Waals surface area contributed by atoms with Gasteiger partial charge in [-0.25, -0.2) is 4.79 Å². The number of carbonyl (C=O) groups excluding carboxylic acids is 1. The second-order valence-electron chi connectivity index (χ2n) is 5.77. The summed E-state index contributed by atoms with van der Waals surface area (Å²) in [5.41, 5.74) is 0.911. The number of ether oxygens (including phenoxy) is 1. The molecular weight excluding hydrogens is 252 g/mol. The van der Waals surface area contributed by atoms with E-state index in [9.17, 15) is 4.79 Å². The number of carbonyl (C=O) groups is 1. The topological polar surface area (TPSA) is 41.6 Å². The molecule has 0 saturated carbocycles. The highest BCUT2D eigenvalue weighted by Crippen LogP contribution is 2.34. The van der Waals surface area contributed by atoms with Crippen molar-refractivity contribution in [3.8, 4) is 0 Å². The molecule has 1 aromatic carbocycles. The molecule has 108 valence electrons. The summed E-state index contributed by atoms with van der Waals surface area (Å²) in [5, 5.41) is 2.95. The fourth-order valence-electron chi connectivity index (χ4n) is 3.15. The molecule has 0 bridgehead atoms. The number of hydrogen-bond acceptors (Lipinski definition) is 2. The average Bonchev–Trinajstić information content (AvgIpc) is 2.50. The molecule has 0 unspecified atom stereocenters. The lowest BCUT2D eigenvalue weighted by atomic mass is 9.84. The molecule has 3 rings (SSSR count). The van der Waals surface area contributed by atoms with Crippen LogP contribution in [0.1, 0.15) is 32.1 Å². The third-order valence-electron chi connectivity index (χ3n) is 4.42. The first-order chi connectivity index (χ1) is 9.77. The zero-order valence-corrected chi connectivity index (χ0v) is 11.8. The average molecular weight is 274 g/mol. The standard InChI is InChI=1S/C16H22N2O2/c19-15(17-14-6-2-1-3-7-14)18-11-9-16(10-12-18)8-4-5-13-20-16/h1-3,6-7H,4-5,8-13H2,(H,17,19). The molecule has 1 aromatic rings. The Hall–Kier alpha value is -1.55. The molecule has 2 saturated heterocycles. The Kier molecular flexibility index (Phi) is 3.92. The van der Waals surface area contributed by atoms with Crippen molar-refractivity contribution in [3.05, 3.63) is 30.3 Å². The lowest BCUT2D eigenvalue weighted by Gasteiger charge is -2.43. The predicted octanol–water partition coefficient (Wildman–Crippen LogP) is 3.25. The molecule has 2 fully saturated rings. The molecule has 2 aliphatic rings. The molecule has 20 heavy (non-hydrogen) atoms. The zero-order valence-electron chi connectivity index (χ0n) is 11.8. The maximum Gasteiger partial charge on any atom is 0.321 e. The van der Waals surface area contributed by atoms with Crippen molar-refractivity contribution in [3.63, 3.8) is 0 Å². The monoisotopic (exact) mass is 274 g/mol. The first kappa shape index (κ1) is 13.4. The number of anilines is 1. The molecule has 0 radical (unpaired) electrons. The van der Waals surface area contributed by atoms with Gasteiger partial charge >= 0.3 is 6.03 Å². The van der Waals surface area contributed by atoms with E-state index in [0.717, 1.165) is 44.6 Å². The Balaban J connectivity index is 1.54. The van der Waals surface area contributed by atoms with Crippen LogP contribution in [0.15, 0.2) is 30.3 Å². The van der Waals surface area contributed by atoms with Crippen molar-refractivity contribution in [1.29, 1.82) is 0 Å². The van der Waals surface area contributed by atoms with Crippen molar-refractivity contribution in [2.45, 2.75) is 37.7 Å². The quantitative estimate of drug-likeness (QED) is 0.854. The van der Waals surface area contributed by atoms with Crippen molar-refractivity contribution in [2.24, 2.45) is 0 Å². The number of nitrogens with zero attached hydrogens (tertiary/aromatic N) is 1. The van der Waals surface area contributed by atoms with Gasteiger partial charge in [0.05, 0.1) is 5.60 Å². The number of urea groups is 1. The van der Waals surface area contributed by atoms with Gasteiger partial charge in [0.25, 0.3) is 0 Å². The van der Waals surface area contributed by atoms with E-state index in [-0.39, 0.29) is 11.6 Å². The van der Waals surface area contributed by atoms with E-state index in [2.05, 4.69) is 5.32 Å². The van der Waals surface area contributed by atoms with E-state index in [1.807, 2.05) is 35.2 Å². The number of nitrogens with one attached hydrogen (secondary N) is 1. The maximum atomic E-state index is 12.2. The maximum absolute atomic E-state index is 12.2. The molecule has 1 spiro atoms. The van der Waals surface area contributed by atoms with Crippen LogP contribution in [0.25, 0.3) is 0 Å². The van der Waals surface area contributed by atoms with Crippen LogP contribution in [0.2, 0.25) is 0 Å². The Morgan fingerprint density at radius 1 is 1.10 bits per heavy atom. The zero-order chi connectivity index (χ0) is 13.8. The van der Waals surface area contributed by atoms with Gasteiger partial charge in [0.1, 0.15) is 0 Å². The normalized spacial score (nSPS) is 21.7. The first-order valence-corrected chi connectivity index (χ1v) is 7.52.